The topological polar surface area (TPSA) is 54.4 Å². The molecule has 0 aromatic heterocycles. The smallest absolute Gasteiger partial charge is 1.00 e. The second kappa shape index (κ2) is 4.91. The van der Waals surface area contributed by atoms with Gasteiger partial charge in [0.05, 0.1) is 4.90 Å². The Kier molecular flexibility index (Phi) is 5.14. The van der Waals surface area contributed by atoms with E-state index < -0.39 is 9.05 Å². The maximum absolute atomic E-state index is 10.7. The molecule has 0 heterocycles. The van der Waals surface area contributed by atoms with Gasteiger partial charge in [-0.05, 0) is 12.1 Å². The number of thiol groups is 1. The van der Waals surface area contributed by atoms with E-state index in [4.69, 9.17) is 15.8 Å². The summed E-state index contributed by atoms with van der Waals surface area (Å²) in [5.74, 6) is -0.208. The summed E-state index contributed by atoms with van der Waals surface area (Å²) in [6.45, 7) is 0. The summed E-state index contributed by atoms with van der Waals surface area (Å²) in [6.07, 6.45) is 0. The van der Waals surface area contributed by atoms with E-state index in [1.54, 1.807) is 0 Å². The van der Waals surface area contributed by atoms with Crippen molar-refractivity contribution in [3.8, 4) is 5.75 Å². The Balaban J connectivity index is 0. The largest absolute Gasteiger partial charge is 1.00 e. The minimum absolute atomic E-state index is 0. The molecule has 0 unspecified atom stereocenters. The molecule has 0 saturated heterocycles. The molecule has 0 radical (unpaired) electrons. The molecule has 3 nitrogen and oxygen atoms in total. The molecular formula is C6H6ClNaO3S2. The van der Waals surface area contributed by atoms with Crippen LogP contribution in [0.15, 0.2) is 28.0 Å². The SMILES string of the molecule is O=S(=O)(Cl)c1ccc(S)c(O)c1.[H-].[Na+]. The van der Waals surface area contributed by atoms with E-state index >= 15 is 0 Å². The molecule has 0 aliphatic carbocycles. The van der Waals surface area contributed by atoms with Crippen LogP contribution in [0.2, 0.25) is 0 Å². The Morgan fingerprint density at radius 3 is 2.38 bits per heavy atom. The fraction of sp³-hybridized carbons (Fsp3) is 0. The van der Waals surface area contributed by atoms with E-state index in [1.807, 2.05) is 0 Å². The summed E-state index contributed by atoms with van der Waals surface area (Å²) >= 11 is 3.85. The van der Waals surface area contributed by atoms with Gasteiger partial charge in [-0.15, -0.1) is 12.6 Å². The van der Waals surface area contributed by atoms with Crippen LogP contribution in [0.4, 0.5) is 0 Å². The monoisotopic (exact) mass is 248 g/mol. The van der Waals surface area contributed by atoms with Crippen molar-refractivity contribution in [2.45, 2.75) is 9.79 Å². The number of benzene rings is 1. The number of hydrogen-bond donors (Lipinski definition) is 2. The number of hydrogen-bond acceptors (Lipinski definition) is 4. The number of rotatable bonds is 1. The van der Waals surface area contributed by atoms with Crippen molar-refractivity contribution in [1.29, 1.82) is 0 Å². The first-order valence-electron chi connectivity index (χ1n) is 2.88. The number of halogens is 1. The van der Waals surface area contributed by atoms with Crippen LogP contribution in [0.3, 0.4) is 0 Å². The van der Waals surface area contributed by atoms with Gasteiger partial charge in [-0.25, -0.2) is 8.42 Å². The normalized spacial score (nSPS) is 10.6. The molecule has 0 aliphatic rings. The first-order valence-corrected chi connectivity index (χ1v) is 5.63. The summed E-state index contributed by atoms with van der Waals surface area (Å²) in [5, 5.41) is 9.06. The average molecular weight is 249 g/mol. The van der Waals surface area contributed by atoms with E-state index in [0.29, 0.717) is 4.90 Å². The number of aromatic hydroxyl groups is 1. The van der Waals surface area contributed by atoms with Gasteiger partial charge in [-0.3, -0.25) is 0 Å². The third-order valence-corrected chi connectivity index (χ3v) is 2.96. The van der Waals surface area contributed by atoms with Gasteiger partial charge in [-0.2, -0.15) is 0 Å². The van der Waals surface area contributed by atoms with Crippen molar-refractivity contribution in [2.24, 2.45) is 0 Å². The van der Waals surface area contributed by atoms with Crippen LogP contribution >= 0.6 is 23.3 Å². The van der Waals surface area contributed by atoms with Gasteiger partial charge in [0.25, 0.3) is 9.05 Å². The Hall–Kier alpha value is 0.610. The van der Waals surface area contributed by atoms with Gasteiger partial charge in [0.1, 0.15) is 5.75 Å². The molecule has 0 aliphatic heterocycles. The van der Waals surface area contributed by atoms with E-state index in [-0.39, 0.29) is 41.6 Å². The minimum Gasteiger partial charge on any atom is -1.00 e. The van der Waals surface area contributed by atoms with E-state index in [1.165, 1.54) is 12.1 Å². The fourth-order valence-electron chi connectivity index (χ4n) is 0.655. The van der Waals surface area contributed by atoms with Crippen LogP contribution in [0.5, 0.6) is 5.75 Å². The third-order valence-electron chi connectivity index (χ3n) is 1.23. The second-order valence-electron chi connectivity index (χ2n) is 2.09. The van der Waals surface area contributed by atoms with E-state index in [2.05, 4.69) is 12.6 Å². The minimum atomic E-state index is -3.76. The van der Waals surface area contributed by atoms with Gasteiger partial charge in [0, 0.05) is 21.6 Å². The zero-order valence-electron chi connectivity index (χ0n) is 7.73. The molecule has 13 heavy (non-hydrogen) atoms. The molecule has 0 bridgehead atoms. The molecule has 0 spiro atoms. The zero-order chi connectivity index (χ0) is 9.35. The quantitative estimate of drug-likeness (QED) is 0.370. The standard InChI is InChI=1S/C6H5ClO3S2.Na.H/c7-12(9,10)4-1-2-6(11)5(8)3-4;;/h1-3,8,11H;;/q;+1;-1. The maximum atomic E-state index is 10.7. The first kappa shape index (κ1) is 13.6. The van der Waals surface area contributed by atoms with Gasteiger partial charge < -0.3 is 6.53 Å². The summed E-state index contributed by atoms with van der Waals surface area (Å²) in [4.78, 5) is 0.165. The van der Waals surface area contributed by atoms with Crippen molar-refractivity contribution in [3.05, 3.63) is 18.2 Å². The van der Waals surface area contributed by atoms with Crippen molar-refractivity contribution in [2.75, 3.05) is 0 Å². The maximum Gasteiger partial charge on any atom is 1.00 e. The van der Waals surface area contributed by atoms with Crippen LogP contribution in [0.1, 0.15) is 1.43 Å². The van der Waals surface area contributed by atoms with Crippen molar-refractivity contribution in [3.63, 3.8) is 0 Å². The molecule has 7 heteroatoms. The number of phenolic OH excluding ortho intramolecular Hbond substituents is 1. The Morgan fingerprint density at radius 2 is 2.00 bits per heavy atom. The molecule has 0 saturated carbocycles. The summed E-state index contributed by atoms with van der Waals surface area (Å²) in [7, 11) is 1.26. The first-order chi connectivity index (χ1) is 5.41. The molecule has 1 aromatic rings. The molecule has 0 fully saturated rings. The predicted molar refractivity (Wildman–Crippen MR) is 49.5 cm³/mol. The number of phenols is 1. The van der Waals surface area contributed by atoms with Crippen LogP contribution in [0.25, 0.3) is 0 Å². The third kappa shape index (κ3) is 3.69. The van der Waals surface area contributed by atoms with Crippen molar-refractivity contribution >= 4 is 32.4 Å². The van der Waals surface area contributed by atoms with Crippen LogP contribution in [-0.4, -0.2) is 13.5 Å². The molecule has 0 atom stereocenters. The summed E-state index contributed by atoms with van der Waals surface area (Å²) < 4.78 is 21.5. The average Bonchev–Trinajstić information content (AvgIpc) is 1.92. The Labute approximate surface area is 110 Å². The van der Waals surface area contributed by atoms with E-state index in [0.717, 1.165) is 6.07 Å². The summed E-state index contributed by atoms with van der Waals surface area (Å²) in [5.41, 5.74) is 0. The Bertz CT molecular complexity index is 410. The zero-order valence-corrected chi connectivity index (χ0v) is 11.2. The summed E-state index contributed by atoms with van der Waals surface area (Å²) in [6, 6.07) is 3.67. The second-order valence-corrected chi connectivity index (χ2v) is 5.14. The molecule has 68 valence electrons. The molecule has 1 N–H and O–H groups in total. The van der Waals surface area contributed by atoms with Gasteiger partial charge in [0.2, 0.25) is 0 Å². The van der Waals surface area contributed by atoms with Crippen LogP contribution in [0, 0.1) is 0 Å². The van der Waals surface area contributed by atoms with Gasteiger partial charge in [0.15, 0.2) is 0 Å². The van der Waals surface area contributed by atoms with Crippen LogP contribution < -0.4 is 29.6 Å². The predicted octanol–water partition coefficient (Wildman–Crippen LogP) is -1.28. The molecule has 1 aromatic carbocycles. The van der Waals surface area contributed by atoms with Crippen molar-refractivity contribution < 1.29 is 44.5 Å². The van der Waals surface area contributed by atoms with E-state index in [9.17, 15) is 8.42 Å². The fourth-order valence-corrected chi connectivity index (χ4v) is 1.56. The molecule has 0 amide bonds. The van der Waals surface area contributed by atoms with Gasteiger partial charge >= 0.3 is 29.6 Å². The molecule has 1 rings (SSSR count). The van der Waals surface area contributed by atoms with Crippen LogP contribution in [-0.2, 0) is 9.05 Å². The Morgan fingerprint density at radius 1 is 1.46 bits per heavy atom. The van der Waals surface area contributed by atoms with Gasteiger partial charge in [-0.1, -0.05) is 0 Å². The van der Waals surface area contributed by atoms with Crippen molar-refractivity contribution in [1.82, 2.24) is 0 Å². The molecular weight excluding hydrogens is 243 g/mol.